The van der Waals surface area contributed by atoms with Crippen LogP contribution in [0.1, 0.15) is 18.1 Å². The van der Waals surface area contributed by atoms with E-state index in [1.54, 1.807) is 6.92 Å². The van der Waals surface area contributed by atoms with Gasteiger partial charge in [0.25, 0.3) is 0 Å². The Labute approximate surface area is 114 Å². The van der Waals surface area contributed by atoms with Crippen LogP contribution in [-0.2, 0) is 11.0 Å². The molecule has 0 bridgehead atoms. The van der Waals surface area contributed by atoms with Crippen LogP contribution in [0, 0.1) is 0 Å². The van der Waals surface area contributed by atoms with E-state index in [9.17, 15) is 18.0 Å². The van der Waals surface area contributed by atoms with E-state index in [0.29, 0.717) is 0 Å². The number of hydrogen-bond acceptors (Lipinski definition) is 2. The quantitative estimate of drug-likeness (QED) is 0.662. The average Bonchev–Trinajstić information content (AvgIpc) is 2.36. The molecular weight excluding hydrogens is 273 g/mol. The van der Waals surface area contributed by atoms with Gasteiger partial charge in [-0.05, 0) is 30.7 Å². The fourth-order valence-electron chi connectivity index (χ4n) is 1.39. The Morgan fingerprint density at radius 1 is 1.45 bits per heavy atom. The van der Waals surface area contributed by atoms with Gasteiger partial charge in [-0.3, -0.25) is 0 Å². The summed E-state index contributed by atoms with van der Waals surface area (Å²) < 4.78 is 43.9. The fourth-order valence-corrected chi connectivity index (χ4v) is 1.39. The van der Waals surface area contributed by atoms with Crippen molar-refractivity contribution in [3.63, 3.8) is 0 Å². The Morgan fingerprint density at radius 2 is 2.10 bits per heavy atom. The standard InChI is InChI=1S/C14H13F3O3/c1-3-9(2)20-12-6-4-10(5-7-13(18)19)8-11(12)14(15,16)17/h3-9H,1H2,2H3,(H,18,19). The molecule has 6 heteroatoms. The number of benzene rings is 1. The van der Waals surface area contributed by atoms with Gasteiger partial charge in [-0.25, -0.2) is 4.79 Å². The largest absolute Gasteiger partial charge is 0.486 e. The minimum atomic E-state index is -4.59. The summed E-state index contributed by atoms with van der Waals surface area (Å²) in [6, 6.07) is 3.34. The Balaban J connectivity index is 3.20. The predicted molar refractivity (Wildman–Crippen MR) is 68.4 cm³/mol. The molecule has 0 aliphatic carbocycles. The van der Waals surface area contributed by atoms with Crippen molar-refractivity contribution in [2.24, 2.45) is 0 Å². The van der Waals surface area contributed by atoms with Crippen molar-refractivity contribution in [3.05, 3.63) is 48.1 Å². The summed E-state index contributed by atoms with van der Waals surface area (Å²) in [4.78, 5) is 10.4. The van der Waals surface area contributed by atoms with Crippen molar-refractivity contribution in [2.45, 2.75) is 19.2 Å². The fraction of sp³-hybridized carbons (Fsp3) is 0.214. The summed E-state index contributed by atoms with van der Waals surface area (Å²) in [6.07, 6.45) is -1.95. The molecule has 0 fully saturated rings. The lowest BCUT2D eigenvalue weighted by atomic mass is 10.1. The SMILES string of the molecule is C=CC(C)Oc1ccc(C=CC(=O)O)cc1C(F)(F)F. The van der Waals surface area contributed by atoms with Gasteiger partial charge < -0.3 is 9.84 Å². The molecule has 1 N–H and O–H groups in total. The highest BCUT2D eigenvalue weighted by Crippen LogP contribution is 2.37. The molecule has 0 amide bonds. The summed E-state index contributed by atoms with van der Waals surface area (Å²) in [5.74, 6) is -1.56. The number of carboxylic acids is 1. The predicted octanol–water partition coefficient (Wildman–Crippen LogP) is 3.76. The van der Waals surface area contributed by atoms with Crippen LogP contribution in [0.25, 0.3) is 6.08 Å². The number of alkyl halides is 3. The van der Waals surface area contributed by atoms with E-state index in [-0.39, 0.29) is 11.3 Å². The monoisotopic (exact) mass is 286 g/mol. The van der Waals surface area contributed by atoms with E-state index < -0.39 is 23.8 Å². The second kappa shape index (κ2) is 6.27. The van der Waals surface area contributed by atoms with Crippen LogP contribution in [0.2, 0.25) is 0 Å². The Hall–Kier alpha value is -2.24. The normalized spacial score (nSPS) is 13.2. The van der Waals surface area contributed by atoms with Gasteiger partial charge in [-0.1, -0.05) is 18.7 Å². The van der Waals surface area contributed by atoms with Crippen molar-refractivity contribution < 1.29 is 27.8 Å². The first-order valence-electron chi connectivity index (χ1n) is 5.65. The van der Waals surface area contributed by atoms with Crippen molar-refractivity contribution in [1.29, 1.82) is 0 Å². The lowest BCUT2D eigenvalue weighted by Gasteiger charge is -2.17. The number of carbonyl (C=O) groups is 1. The highest BCUT2D eigenvalue weighted by atomic mass is 19.4. The highest BCUT2D eigenvalue weighted by molar-refractivity contribution is 5.85. The number of halogens is 3. The molecule has 1 aromatic rings. The van der Waals surface area contributed by atoms with Crippen LogP contribution in [0.5, 0.6) is 5.75 Å². The Morgan fingerprint density at radius 3 is 2.60 bits per heavy atom. The average molecular weight is 286 g/mol. The summed E-state index contributed by atoms with van der Waals surface area (Å²) in [5.41, 5.74) is -0.836. The van der Waals surface area contributed by atoms with Gasteiger partial charge in [0.1, 0.15) is 11.9 Å². The Bertz CT molecular complexity index is 533. The zero-order valence-electron chi connectivity index (χ0n) is 10.6. The van der Waals surface area contributed by atoms with Crippen LogP contribution >= 0.6 is 0 Å². The molecule has 0 saturated carbocycles. The summed E-state index contributed by atoms with van der Waals surface area (Å²) in [6.45, 7) is 4.99. The van der Waals surface area contributed by atoms with Gasteiger partial charge in [-0.15, -0.1) is 0 Å². The van der Waals surface area contributed by atoms with Gasteiger partial charge in [0.15, 0.2) is 0 Å². The molecule has 3 nitrogen and oxygen atoms in total. The van der Waals surface area contributed by atoms with E-state index in [1.807, 2.05) is 0 Å². The molecule has 0 spiro atoms. The van der Waals surface area contributed by atoms with E-state index in [2.05, 4.69) is 6.58 Å². The number of ether oxygens (including phenoxy) is 1. The topological polar surface area (TPSA) is 46.5 Å². The first-order valence-corrected chi connectivity index (χ1v) is 5.65. The van der Waals surface area contributed by atoms with Gasteiger partial charge in [0, 0.05) is 6.08 Å². The molecule has 20 heavy (non-hydrogen) atoms. The van der Waals surface area contributed by atoms with Crippen molar-refractivity contribution in [2.75, 3.05) is 0 Å². The molecule has 0 aromatic heterocycles. The van der Waals surface area contributed by atoms with Crippen molar-refractivity contribution >= 4 is 12.0 Å². The minimum Gasteiger partial charge on any atom is -0.486 e. The van der Waals surface area contributed by atoms with Crippen molar-refractivity contribution in [1.82, 2.24) is 0 Å². The first kappa shape index (κ1) is 15.8. The maximum absolute atomic E-state index is 12.9. The maximum Gasteiger partial charge on any atom is 0.419 e. The number of carboxylic acid groups (broad SMARTS) is 1. The molecular formula is C14H13F3O3. The van der Waals surface area contributed by atoms with Gasteiger partial charge in [-0.2, -0.15) is 13.2 Å². The second-order valence-electron chi connectivity index (χ2n) is 3.98. The van der Waals surface area contributed by atoms with E-state index in [1.165, 1.54) is 12.1 Å². The first-order chi connectivity index (χ1) is 9.24. The third kappa shape index (κ3) is 4.46. The van der Waals surface area contributed by atoms with E-state index in [4.69, 9.17) is 9.84 Å². The van der Waals surface area contributed by atoms with Gasteiger partial charge >= 0.3 is 12.1 Å². The van der Waals surface area contributed by atoms with Gasteiger partial charge in [0.05, 0.1) is 5.56 Å². The summed E-state index contributed by atoms with van der Waals surface area (Å²) in [5, 5.41) is 8.46. The molecule has 108 valence electrons. The van der Waals surface area contributed by atoms with Crippen LogP contribution in [-0.4, -0.2) is 17.2 Å². The smallest absolute Gasteiger partial charge is 0.419 e. The zero-order valence-corrected chi connectivity index (χ0v) is 10.6. The summed E-state index contributed by atoms with van der Waals surface area (Å²) >= 11 is 0. The number of aliphatic carboxylic acids is 1. The highest BCUT2D eigenvalue weighted by Gasteiger charge is 2.34. The lowest BCUT2D eigenvalue weighted by molar-refractivity contribution is -0.139. The van der Waals surface area contributed by atoms with Crippen LogP contribution in [0.3, 0.4) is 0 Å². The van der Waals surface area contributed by atoms with Crippen LogP contribution in [0.15, 0.2) is 36.9 Å². The Kier molecular flexibility index (Phi) is 4.96. The molecule has 1 aromatic carbocycles. The number of hydrogen-bond donors (Lipinski definition) is 1. The number of rotatable bonds is 5. The molecule has 0 aliphatic heterocycles. The van der Waals surface area contributed by atoms with Crippen LogP contribution in [0.4, 0.5) is 13.2 Å². The third-order valence-corrected chi connectivity index (χ3v) is 2.37. The minimum absolute atomic E-state index is 0.123. The molecule has 1 rings (SSSR count). The van der Waals surface area contributed by atoms with Crippen molar-refractivity contribution in [3.8, 4) is 5.75 Å². The zero-order chi connectivity index (χ0) is 15.3. The molecule has 1 unspecified atom stereocenters. The molecule has 0 saturated heterocycles. The lowest BCUT2D eigenvalue weighted by Crippen LogP contribution is -2.13. The van der Waals surface area contributed by atoms with E-state index in [0.717, 1.165) is 24.3 Å². The second-order valence-corrected chi connectivity index (χ2v) is 3.98. The molecule has 0 radical (unpaired) electrons. The van der Waals surface area contributed by atoms with E-state index >= 15 is 0 Å². The maximum atomic E-state index is 12.9. The molecule has 0 aliphatic rings. The summed E-state index contributed by atoms with van der Waals surface area (Å²) in [7, 11) is 0. The van der Waals surface area contributed by atoms with Gasteiger partial charge in [0.2, 0.25) is 0 Å². The molecule has 1 atom stereocenters. The van der Waals surface area contributed by atoms with Crippen LogP contribution < -0.4 is 4.74 Å². The third-order valence-electron chi connectivity index (χ3n) is 2.37. The molecule has 0 heterocycles.